The Morgan fingerprint density at radius 3 is 1.95 bits per heavy atom. The van der Waals surface area contributed by atoms with Crippen molar-refractivity contribution in [1.82, 2.24) is 0 Å². The van der Waals surface area contributed by atoms with Crippen LogP contribution in [-0.4, -0.2) is 33.2 Å². The van der Waals surface area contributed by atoms with Crippen molar-refractivity contribution >= 4 is 20.0 Å². The lowest BCUT2D eigenvalue weighted by Crippen LogP contribution is -2.28. The van der Waals surface area contributed by atoms with Crippen LogP contribution in [-0.2, 0) is 19.1 Å². The fraction of sp³-hybridized carbons (Fsp3) is 0.765. The van der Waals surface area contributed by atoms with Gasteiger partial charge in [0.25, 0.3) is 0 Å². The van der Waals surface area contributed by atoms with E-state index in [0.717, 1.165) is 12.8 Å². The van der Waals surface area contributed by atoms with E-state index in [1.165, 1.54) is 11.6 Å². The molecule has 0 bridgehead atoms. The molecule has 5 heteroatoms. The minimum absolute atomic E-state index is 0.282. The summed E-state index contributed by atoms with van der Waals surface area (Å²) in [6.45, 7) is 13.2. The number of esters is 2. The van der Waals surface area contributed by atoms with E-state index in [0.29, 0.717) is 6.42 Å². The molecule has 0 aliphatic rings. The van der Waals surface area contributed by atoms with Gasteiger partial charge in [0.2, 0.25) is 0 Å². The number of ether oxygens (including phenoxy) is 2. The number of carbonyl (C=O) groups is 2. The first-order chi connectivity index (χ1) is 10.2. The van der Waals surface area contributed by atoms with Crippen LogP contribution in [0, 0.1) is 5.92 Å². The van der Waals surface area contributed by atoms with Crippen LogP contribution in [0.5, 0.6) is 0 Å². The van der Waals surface area contributed by atoms with E-state index in [1.54, 1.807) is 13.8 Å². The van der Waals surface area contributed by atoms with Gasteiger partial charge >= 0.3 is 11.9 Å². The summed E-state index contributed by atoms with van der Waals surface area (Å²) in [5.74, 6) is -1.72. The molecule has 128 valence electrons. The number of hydrogen-bond donors (Lipinski definition) is 0. The van der Waals surface area contributed by atoms with Crippen molar-refractivity contribution in [3.05, 3.63) is 11.6 Å². The highest BCUT2D eigenvalue weighted by atomic mass is 28.3. The third-order valence-electron chi connectivity index (χ3n) is 3.14. The van der Waals surface area contributed by atoms with E-state index < -0.39 is 25.9 Å². The maximum Gasteiger partial charge on any atom is 0.320 e. The first kappa shape index (κ1) is 20.9. The van der Waals surface area contributed by atoms with Crippen LogP contribution in [0.1, 0.15) is 40.0 Å². The molecule has 0 spiro atoms. The van der Waals surface area contributed by atoms with Crippen molar-refractivity contribution in [3.63, 3.8) is 0 Å². The molecule has 0 aromatic carbocycles. The molecule has 0 N–H and O–H groups in total. The minimum atomic E-state index is -1.08. The van der Waals surface area contributed by atoms with Crippen LogP contribution >= 0.6 is 0 Å². The third-order valence-corrected chi connectivity index (χ3v) is 4.76. The molecule has 0 saturated carbocycles. The fourth-order valence-electron chi connectivity index (χ4n) is 2.40. The van der Waals surface area contributed by atoms with Crippen molar-refractivity contribution in [2.24, 2.45) is 5.92 Å². The van der Waals surface area contributed by atoms with Crippen LogP contribution in [0.15, 0.2) is 11.6 Å². The van der Waals surface area contributed by atoms with E-state index in [1.807, 2.05) is 0 Å². The van der Waals surface area contributed by atoms with E-state index in [9.17, 15) is 9.59 Å². The molecule has 0 amide bonds. The van der Waals surface area contributed by atoms with E-state index in [-0.39, 0.29) is 13.2 Å². The Labute approximate surface area is 136 Å². The van der Waals surface area contributed by atoms with Crippen molar-refractivity contribution in [3.8, 4) is 0 Å². The summed E-state index contributed by atoms with van der Waals surface area (Å²) in [5, 5.41) is 0. The van der Waals surface area contributed by atoms with Gasteiger partial charge in [-0.05, 0) is 46.1 Å². The SMILES string of the molecule is CCOC(=O)C(CCC/C=C(/C)C[Si](C)(C)C)C(=O)OCC. The fourth-order valence-corrected chi connectivity index (χ4v) is 4.21. The molecule has 0 rings (SSSR count). The Morgan fingerprint density at radius 2 is 1.55 bits per heavy atom. The highest BCUT2D eigenvalue weighted by Gasteiger charge is 2.28. The summed E-state index contributed by atoms with van der Waals surface area (Å²) in [5.41, 5.74) is 1.41. The van der Waals surface area contributed by atoms with Gasteiger partial charge in [-0.1, -0.05) is 31.3 Å². The second-order valence-electron chi connectivity index (χ2n) is 6.78. The minimum Gasteiger partial charge on any atom is -0.465 e. The molecule has 22 heavy (non-hydrogen) atoms. The summed E-state index contributed by atoms with van der Waals surface area (Å²) in [6, 6.07) is 1.19. The van der Waals surface area contributed by atoms with Crippen LogP contribution in [0.2, 0.25) is 25.7 Å². The second-order valence-corrected chi connectivity index (χ2v) is 12.3. The Kier molecular flexibility index (Phi) is 10.1. The predicted octanol–water partition coefficient (Wildman–Crippen LogP) is 4.18. The molecule has 0 saturated heterocycles. The summed E-state index contributed by atoms with van der Waals surface area (Å²) in [7, 11) is -1.08. The number of allylic oxidation sites excluding steroid dienone is 2. The van der Waals surface area contributed by atoms with Crippen LogP contribution < -0.4 is 0 Å². The molecule has 0 aliphatic heterocycles. The predicted molar refractivity (Wildman–Crippen MR) is 92.5 cm³/mol. The zero-order valence-corrected chi connectivity index (χ0v) is 16.0. The molecular formula is C17H32O4Si. The lowest BCUT2D eigenvalue weighted by Gasteiger charge is -2.16. The number of hydrogen-bond acceptors (Lipinski definition) is 4. The lowest BCUT2D eigenvalue weighted by atomic mass is 10.0. The van der Waals surface area contributed by atoms with E-state index >= 15 is 0 Å². The first-order valence-corrected chi connectivity index (χ1v) is 11.9. The molecule has 0 aliphatic carbocycles. The number of unbranched alkanes of at least 4 members (excludes halogenated alkanes) is 1. The molecule has 4 nitrogen and oxygen atoms in total. The zero-order chi connectivity index (χ0) is 17.2. The number of rotatable bonds is 10. The van der Waals surface area contributed by atoms with Gasteiger partial charge in [-0.25, -0.2) is 0 Å². The highest BCUT2D eigenvalue weighted by Crippen LogP contribution is 2.18. The van der Waals surface area contributed by atoms with Gasteiger partial charge in [-0.15, -0.1) is 0 Å². The van der Waals surface area contributed by atoms with E-state index in [2.05, 4.69) is 32.6 Å². The summed E-state index contributed by atoms with van der Waals surface area (Å²) >= 11 is 0. The Balaban J connectivity index is 4.42. The maximum atomic E-state index is 11.8. The third kappa shape index (κ3) is 9.76. The summed E-state index contributed by atoms with van der Waals surface area (Å²) in [4.78, 5) is 23.7. The van der Waals surface area contributed by atoms with Crippen molar-refractivity contribution < 1.29 is 19.1 Å². The maximum absolute atomic E-state index is 11.8. The van der Waals surface area contributed by atoms with Gasteiger partial charge in [0, 0.05) is 8.07 Å². The van der Waals surface area contributed by atoms with Gasteiger partial charge < -0.3 is 9.47 Å². The van der Waals surface area contributed by atoms with Gasteiger partial charge in [-0.2, -0.15) is 0 Å². The van der Waals surface area contributed by atoms with Crippen LogP contribution in [0.25, 0.3) is 0 Å². The highest BCUT2D eigenvalue weighted by molar-refractivity contribution is 6.76. The molecule has 0 aromatic rings. The Morgan fingerprint density at radius 1 is 1.05 bits per heavy atom. The lowest BCUT2D eigenvalue weighted by molar-refractivity contribution is -0.161. The molecule has 0 radical (unpaired) electrons. The van der Waals surface area contributed by atoms with Crippen molar-refractivity contribution in [2.75, 3.05) is 13.2 Å². The molecule has 0 fully saturated rings. The molecule has 0 unspecified atom stereocenters. The van der Waals surface area contributed by atoms with Crippen molar-refractivity contribution in [1.29, 1.82) is 0 Å². The summed E-state index contributed by atoms with van der Waals surface area (Å²) < 4.78 is 9.93. The largest absolute Gasteiger partial charge is 0.465 e. The monoisotopic (exact) mass is 328 g/mol. The van der Waals surface area contributed by atoms with Crippen LogP contribution in [0.4, 0.5) is 0 Å². The van der Waals surface area contributed by atoms with Gasteiger partial charge in [0.15, 0.2) is 5.92 Å². The van der Waals surface area contributed by atoms with Gasteiger partial charge in [0.05, 0.1) is 13.2 Å². The standard InChI is InChI=1S/C17H32O4Si/c1-7-20-16(18)15(17(19)21-8-2)12-10-9-11-14(3)13-22(4,5)6/h11,15H,7-10,12-13H2,1-6H3/b14-11-. The molecule has 0 aromatic heterocycles. The second kappa shape index (κ2) is 10.6. The summed E-state index contributed by atoms with van der Waals surface area (Å²) in [6.07, 6.45) is 4.37. The van der Waals surface area contributed by atoms with Gasteiger partial charge in [-0.3, -0.25) is 9.59 Å². The topological polar surface area (TPSA) is 52.6 Å². The normalized spacial score (nSPS) is 12.4. The van der Waals surface area contributed by atoms with Gasteiger partial charge in [0.1, 0.15) is 0 Å². The quantitative estimate of drug-likeness (QED) is 0.198. The Hall–Kier alpha value is -1.10. The zero-order valence-electron chi connectivity index (χ0n) is 15.0. The van der Waals surface area contributed by atoms with E-state index in [4.69, 9.17) is 9.47 Å². The smallest absolute Gasteiger partial charge is 0.320 e. The first-order valence-electron chi connectivity index (χ1n) is 8.20. The van der Waals surface area contributed by atoms with Crippen molar-refractivity contribution in [2.45, 2.75) is 65.7 Å². The molecule has 0 heterocycles. The van der Waals surface area contributed by atoms with Crippen LogP contribution in [0.3, 0.4) is 0 Å². The molecular weight excluding hydrogens is 296 g/mol. The Bertz CT molecular complexity index is 365. The molecule has 0 atom stereocenters. The average Bonchev–Trinajstić information content (AvgIpc) is 2.36. The number of carbonyl (C=O) groups excluding carboxylic acids is 2. The average molecular weight is 329 g/mol.